The largest absolute Gasteiger partial charge is 0.441 e. The van der Waals surface area contributed by atoms with Crippen LogP contribution in [0.4, 0.5) is 5.69 Å². The molecule has 0 saturated carbocycles. The fourth-order valence-electron chi connectivity index (χ4n) is 1.67. The lowest BCUT2D eigenvalue weighted by atomic mass is 10.3. The van der Waals surface area contributed by atoms with Gasteiger partial charge in [0.25, 0.3) is 10.0 Å². The number of hydrogen-bond donors (Lipinski definition) is 1. The maximum atomic E-state index is 12.1. The minimum atomic E-state index is -3.69. The van der Waals surface area contributed by atoms with Crippen LogP contribution in [0.1, 0.15) is 5.89 Å². The highest BCUT2D eigenvalue weighted by molar-refractivity contribution is 7.94. The SMILES string of the molecule is Cc1nc2cc(NS(=O)(=O)c3cnc(Cl)s3)ccc2o1. The fourth-order valence-corrected chi connectivity index (χ4v) is 4.02. The Kier molecular flexibility index (Phi) is 3.15. The lowest BCUT2D eigenvalue weighted by molar-refractivity contribution is 0.561. The molecular formula is C11H8ClN3O3S2. The van der Waals surface area contributed by atoms with Crippen molar-refractivity contribution < 1.29 is 12.8 Å². The molecule has 3 rings (SSSR count). The number of aryl methyl sites for hydroxylation is 1. The van der Waals surface area contributed by atoms with Gasteiger partial charge >= 0.3 is 0 Å². The zero-order valence-corrected chi connectivity index (χ0v) is 12.5. The van der Waals surface area contributed by atoms with E-state index < -0.39 is 10.0 Å². The van der Waals surface area contributed by atoms with Gasteiger partial charge in [-0.2, -0.15) is 0 Å². The second-order valence-corrected chi connectivity index (χ2v) is 7.48. The number of nitrogens with zero attached hydrogens (tertiary/aromatic N) is 2. The molecule has 0 aliphatic heterocycles. The third-order valence-corrected chi connectivity index (χ3v) is 5.43. The van der Waals surface area contributed by atoms with Gasteiger partial charge in [-0.3, -0.25) is 4.72 Å². The smallest absolute Gasteiger partial charge is 0.273 e. The van der Waals surface area contributed by atoms with Gasteiger partial charge in [-0.25, -0.2) is 18.4 Å². The summed E-state index contributed by atoms with van der Waals surface area (Å²) in [6.45, 7) is 1.73. The summed E-state index contributed by atoms with van der Waals surface area (Å²) in [5.41, 5.74) is 1.59. The van der Waals surface area contributed by atoms with Crippen LogP contribution in [0, 0.1) is 6.92 Å². The van der Waals surface area contributed by atoms with Gasteiger partial charge in [-0.05, 0) is 18.2 Å². The first-order chi connectivity index (χ1) is 9.44. The first-order valence-electron chi connectivity index (χ1n) is 5.45. The number of anilines is 1. The number of thiazole rings is 1. The molecule has 1 aromatic carbocycles. The maximum absolute atomic E-state index is 12.1. The second-order valence-electron chi connectivity index (χ2n) is 3.95. The van der Waals surface area contributed by atoms with E-state index in [1.165, 1.54) is 6.20 Å². The van der Waals surface area contributed by atoms with E-state index >= 15 is 0 Å². The maximum Gasteiger partial charge on any atom is 0.273 e. The van der Waals surface area contributed by atoms with Crippen molar-refractivity contribution in [1.29, 1.82) is 0 Å². The minimum Gasteiger partial charge on any atom is -0.441 e. The van der Waals surface area contributed by atoms with Gasteiger partial charge in [0, 0.05) is 6.92 Å². The van der Waals surface area contributed by atoms with E-state index in [9.17, 15) is 8.42 Å². The highest BCUT2D eigenvalue weighted by Gasteiger charge is 2.18. The average Bonchev–Trinajstić information content (AvgIpc) is 2.93. The second kappa shape index (κ2) is 4.72. The van der Waals surface area contributed by atoms with E-state index in [4.69, 9.17) is 16.0 Å². The molecule has 6 nitrogen and oxygen atoms in total. The fraction of sp³-hybridized carbons (Fsp3) is 0.0909. The zero-order chi connectivity index (χ0) is 14.3. The van der Waals surface area contributed by atoms with Crippen molar-refractivity contribution in [3.05, 3.63) is 34.8 Å². The molecule has 20 heavy (non-hydrogen) atoms. The van der Waals surface area contributed by atoms with Crippen molar-refractivity contribution >= 4 is 49.7 Å². The van der Waals surface area contributed by atoms with E-state index in [-0.39, 0.29) is 8.68 Å². The number of hydrogen-bond acceptors (Lipinski definition) is 6. The standard InChI is InChI=1S/C11H8ClN3O3S2/c1-6-14-8-4-7(2-3-9(8)18-6)15-20(16,17)10-5-13-11(12)19-10/h2-5,15H,1H3. The number of benzene rings is 1. The first-order valence-corrected chi connectivity index (χ1v) is 8.13. The summed E-state index contributed by atoms with van der Waals surface area (Å²) in [6.07, 6.45) is 1.22. The van der Waals surface area contributed by atoms with Crippen molar-refractivity contribution in [3.8, 4) is 0 Å². The van der Waals surface area contributed by atoms with Crippen LogP contribution < -0.4 is 4.72 Å². The minimum absolute atomic E-state index is 0.0546. The number of fused-ring (bicyclic) bond motifs is 1. The molecule has 9 heteroatoms. The monoisotopic (exact) mass is 329 g/mol. The Balaban J connectivity index is 1.96. The van der Waals surface area contributed by atoms with Crippen LogP contribution in [0.25, 0.3) is 11.1 Å². The highest BCUT2D eigenvalue weighted by atomic mass is 35.5. The summed E-state index contributed by atoms with van der Waals surface area (Å²) in [5.74, 6) is 0.522. The Labute approximate surface area is 123 Å². The van der Waals surface area contributed by atoms with Crippen molar-refractivity contribution in [3.63, 3.8) is 0 Å². The molecular weight excluding hydrogens is 322 g/mol. The molecule has 0 fully saturated rings. The van der Waals surface area contributed by atoms with Crippen LogP contribution in [0.3, 0.4) is 0 Å². The molecule has 0 aliphatic carbocycles. The molecule has 0 saturated heterocycles. The number of nitrogens with one attached hydrogen (secondary N) is 1. The van der Waals surface area contributed by atoms with Gasteiger partial charge in [0.15, 0.2) is 20.1 Å². The van der Waals surface area contributed by atoms with Gasteiger partial charge < -0.3 is 4.42 Å². The number of sulfonamides is 1. The van der Waals surface area contributed by atoms with Crippen LogP contribution in [0.15, 0.2) is 33.0 Å². The van der Waals surface area contributed by atoms with E-state index in [0.717, 1.165) is 11.3 Å². The van der Waals surface area contributed by atoms with E-state index in [1.54, 1.807) is 25.1 Å². The topological polar surface area (TPSA) is 85.1 Å². The Hall–Kier alpha value is -1.64. The predicted molar refractivity (Wildman–Crippen MR) is 76.7 cm³/mol. The van der Waals surface area contributed by atoms with E-state index in [1.807, 2.05) is 0 Å². The van der Waals surface area contributed by atoms with Crippen LogP contribution in [-0.2, 0) is 10.0 Å². The predicted octanol–water partition coefficient (Wildman–Crippen LogP) is 3.05. The molecule has 1 N–H and O–H groups in total. The molecule has 2 heterocycles. The third kappa shape index (κ3) is 2.49. The van der Waals surface area contributed by atoms with Crippen molar-refractivity contribution in [1.82, 2.24) is 9.97 Å². The third-order valence-electron chi connectivity index (χ3n) is 2.47. The van der Waals surface area contributed by atoms with Gasteiger partial charge in [0.05, 0.1) is 11.9 Å². The Bertz CT molecular complexity index is 885. The molecule has 2 aromatic heterocycles. The van der Waals surface area contributed by atoms with Crippen LogP contribution >= 0.6 is 22.9 Å². The lowest BCUT2D eigenvalue weighted by Crippen LogP contribution is -2.11. The lowest BCUT2D eigenvalue weighted by Gasteiger charge is -2.04. The quantitative estimate of drug-likeness (QED) is 0.798. The number of halogens is 1. The number of aromatic nitrogens is 2. The molecule has 104 valence electrons. The molecule has 0 spiro atoms. The average molecular weight is 330 g/mol. The zero-order valence-electron chi connectivity index (χ0n) is 10.1. The number of rotatable bonds is 3. The summed E-state index contributed by atoms with van der Waals surface area (Å²) >= 11 is 6.53. The molecule has 0 atom stereocenters. The van der Waals surface area contributed by atoms with Gasteiger partial charge in [-0.15, -0.1) is 0 Å². The summed E-state index contributed by atoms with van der Waals surface area (Å²) in [7, 11) is -3.69. The summed E-state index contributed by atoms with van der Waals surface area (Å²) in [5, 5.41) is 0. The van der Waals surface area contributed by atoms with Crippen LogP contribution in [0.5, 0.6) is 0 Å². The van der Waals surface area contributed by atoms with E-state index in [2.05, 4.69) is 14.7 Å². The summed E-state index contributed by atoms with van der Waals surface area (Å²) in [6, 6.07) is 4.87. The van der Waals surface area contributed by atoms with Crippen LogP contribution in [0.2, 0.25) is 4.47 Å². The first kappa shape index (κ1) is 13.3. The van der Waals surface area contributed by atoms with Crippen LogP contribution in [-0.4, -0.2) is 18.4 Å². The molecule has 0 bridgehead atoms. The summed E-state index contributed by atoms with van der Waals surface area (Å²) < 4.78 is 32.2. The molecule has 0 unspecified atom stereocenters. The Morgan fingerprint density at radius 1 is 1.40 bits per heavy atom. The van der Waals surface area contributed by atoms with E-state index in [0.29, 0.717) is 22.7 Å². The number of oxazole rings is 1. The van der Waals surface area contributed by atoms with Crippen molar-refractivity contribution in [2.75, 3.05) is 4.72 Å². The van der Waals surface area contributed by atoms with Gasteiger partial charge in [0.1, 0.15) is 5.52 Å². The van der Waals surface area contributed by atoms with Gasteiger partial charge in [0.2, 0.25) is 0 Å². The normalized spacial score (nSPS) is 11.9. The summed E-state index contributed by atoms with van der Waals surface area (Å²) in [4.78, 5) is 7.86. The molecule has 0 amide bonds. The highest BCUT2D eigenvalue weighted by Crippen LogP contribution is 2.26. The Morgan fingerprint density at radius 2 is 2.20 bits per heavy atom. The van der Waals surface area contributed by atoms with Gasteiger partial charge in [-0.1, -0.05) is 22.9 Å². The Morgan fingerprint density at radius 3 is 2.90 bits per heavy atom. The molecule has 0 aliphatic rings. The molecule has 3 aromatic rings. The van der Waals surface area contributed by atoms with Crippen molar-refractivity contribution in [2.45, 2.75) is 11.1 Å². The molecule has 0 radical (unpaired) electrons. The van der Waals surface area contributed by atoms with Crippen molar-refractivity contribution in [2.24, 2.45) is 0 Å².